The van der Waals surface area contributed by atoms with Crippen molar-refractivity contribution in [1.29, 1.82) is 0 Å². The maximum absolute atomic E-state index is 12.7. The number of aromatic hydroxyl groups is 1. The topological polar surface area (TPSA) is 77.8 Å². The van der Waals surface area contributed by atoms with E-state index in [0.29, 0.717) is 5.69 Å². The molecule has 130 valence electrons. The van der Waals surface area contributed by atoms with E-state index >= 15 is 0 Å². The lowest BCUT2D eigenvalue weighted by molar-refractivity contribution is 0.0692. The van der Waals surface area contributed by atoms with Gasteiger partial charge in [-0.2, -0.15) is 0 Å². The second-order valence-corrected chi connectivity index (χ2v) is 5.78. The monoisotopic (exact) mass is 347 g/mol. The molecule has 0 aliphatic carbocycles. The van der Waals surface area contributed by atoms with E-state index in [1.165, 1.54) is 24.3 Å². The lowest BCUT2D eigenvalue weighted by atomic mass is 9.97. The number of carbonyl (C=O) groups excluding carboxylic acids is 1. The van der Waals surface area contributed by atoms with E-state index in [2.05, 4.69) is 0 Å². The minimum Gasteiger partial charge on any atom is -0.507 e. The normalized spacial score (nSPS) is 10.3. The third-order valence-corrected chi connectivity index (χ3v) is 4.16. The molecule has 0 aromatic heterocycles. The lowest BCUT2D eigenvalue weighted by Gasteiger charge is -2.20. The Morgan fingerprint density at radius 2 is 1.38 bits per heavy atom. The molecule has 5 heteroatoms. The molecule has 3 aromatic rings. The van der Waals surface area contributed by atoms with Crippen LogP contribution < -0.4 is 4.90 Å². The smallest absolute Gasteiger partial charge is 0.336 e. The Hall–Kier alpha value is -3.60. The van der Waals surface area contributed by atoms with Crippen molar-refractivity contribution in [3.05, 3.63) is 89.5 Å². The first kappa shape index (κ1) is 17.2. The van der Waals surface area contributed by atoms with Crippen LogP contribution in [0.25, 0.3) is 0 Å². The summed E-state index contributed by atoms with van der Waals surface area (Å²) in [5, 5.41) is 19.6. The number of carboxylic acids is 1. The van der Waals surface area contributed by atoms with Gasteiger partial charge in [-0.1, -0.05) is 36.4 Å². The van der Waals surface area contributed by atoms with Crippen LogP contribution in [0.2, 0.25) is 0 Å². The molecule has 0 aliphatic rings. The Labute approximate surface area is 150 Å². The zero-order chi connectivity index (χ0) is 18.7. The van der Waals surface area contributed by atoms with Gasteiger partial charge in [0.1, 0.15) is 5.75 Å². The summed E-state index contributed by atoms with van der Waals surface area (Å²) in [6.45, 7) is 0. The molecule has 0 amide bonds. The van der Waals surface area contributed by atoms with Crippen molar-refractivity contribution in [2.45, 2.75) is 0 Å². The number of hydrogen-bond donors (Lipinski definition) is 2. The maximum atomic E-state index is 12.7. The van der Waals surface area contributed by atoms with E-state index in [0.717, 1.165) is 5.69 Å². The molecule has 0 bridgehead atoms. The zero-order valence-corrected chi connectivity index (χ0v) is 14.1. The van der Waals surface area contributed by atoms with Crippen molar-refractivity contribution in [3.63, 3.8) is 0 Å². The number of anilines is 2. The molecular formula is C21H17NO4. The number of phenolic OH excluding ortho intramolecular Hbond substituents is 1. The van der Waals surface area contributed by atoms with Crippen LogP contribution in [0.3, 0.4) is 0 Å². The van der Waals surface area contributed by atoms with Gasteiger partial charge in [0.15, 0.2) is 5.78 Å². The van der Waals surface area contributed by atoms with Crippen molar-refractivity contribution < 1.29 is 19.8 Å². The Bertz CT molecular complexity index is 967. The maximum Gasteiger partial charge on any atom is 0.336 e. The highest BCUT2D eigenvalue weighted by Gasteiger charge is 2.20. The molecule has 26 heavy (non-hydrogen) atoms. The third kappa shape index (κ3) is 3.28. The Morgan fingerprint density at radius 1 is 0.769 bits per heavy atom. The molecule has 0 spiro atoms. The number of ketones is 1. The van der Waals surface area contributed by atoms with Crippen LogP contribution in [0, 0.1) is 0 Å². The van der Waals surface area contributed by atoms with Crippen molar-refractivity contribution >= 4 is 23.1 Å². The van der Waals surface area contributed by atoms with Gasteiger partial charge >= 0.3 is 5.97 Å². The fourth-order valence-electron chi connectivity index (χ4n) is 2.73. The number of aromatic carboxylic acids is 1. The summed E-state index contributed by atoms with van der Waals surface area (Å²) in [7, 11) is 1.85. The minimum atomic E-state index is -1.19. The summed E-state index contributed by atoms with van der Waals surface area (Å²) in [6.07, 6.45) is 0. The van der Waals surface area contributed by atoms with Crippen LogP contribution >= 0.6 is 0 Å². The fourth-order valence-corrected chi connectivity index (χ4v) is 2.73. The van der Waals surface area contributed by atoms with Crippen LogP contribution in [0.1, 0.15) is 26.3 Å². The molecule has 0 saturated carbocycles. The molecule has 0 heterocycles. The molecule has 0 radical (unpaired) electrons. The van der Waals surface area contributed by atoms with Crippen LogP contribution in [0.15, 0.2) is 72.8 Å². The number of hydrogen-bond acceptors (Lipinski definition) is 4. The number of carboxylic acid groups (broad SMARTS) is 1. The summed E-state index contributed by atoms with van der Waals surface area (Å²) < 4.78 is 0. The second-order valence-electron chi connectivity index (χ2n) is 5.78. The fraction of sp³-hybridized carbons (Fsp3) is 0.0476. The second kappa shape index (κ2) is 7.11. The van der Waals surface area contributed by atoms with Gasteiger partial charge in [-0.05, 0) is 30.3 Å². The quantitative estimate of drug-likeness (QED) is 0.680. The van der Waals surface area contributed by atoms with Crippen LogP contribution in [0.5, 0.6) is 5.75 Å². The molecule has 3 rings (SSSR count). The molecule has 0 atom stereocenters. The van der Waals surface area contributed by atoms with E-state index in [4.69, 9.17) is 0 Å². The standard InChI is InChI=1S/C21H17NO4/c1-22(14-7-3-2-4-8-14)15-11-12-18(19(23)13-15)20(24)16-9-5-6-10-17(16)21(25)26/h2-13,23H,1H3,(H,25,26). The van der Waals surface area contributed by atoms with Crippen molar-refractivity contribution in [3.8, 4) is 5.75 Å². The van der Waals surface area contributed by atoms with Gasteiger partial charge in [0.25, 0.3) is 0 Å². The van der Waals surface area contributed by atoms with Gasteiger partial charge in [0.2, 0.25) is 0 Å². The minimum absolute atomic E-state index is 0.0412. The van der Waals surface area contributed by atoms with Crippen LogP contribution in [-0.2, 0) is 0 Å². The average Bonchev–Trinajstić information content (AvgIpc) is 2.67. The van der Waals surface area contributed by atoms with Crippen molar-refractivity contribution in [2.75, 3.05) is 11.9 Å². The SMILES string of the molecule is CN(c1ccccc1)c1ccc(C(=O)c2ccccc2C(=O)O)c(O)c1. The molecule has 5 nitrogen and oxygen atoms in total. The molecule has 0 aliphatic heterocycles. The predicted octanol–water partition coefficient (Wildman–Crippen LogP) is 4.09. The van der Waals surface area contributed by atoms with E-state index < -0.39 is 11.8 Å². The number of carbonyl (C=O) groups is 2. The number of benzene rings is 3. The Kier molecular flexibility index (Phi) is 4.71. The molecule has 0 fully saturated rings. The van der Waals surface area contributed by atoms with Gasteiger partial charge in [-0.15, -0.1) is 0 Å². The van der Waals surface area contributed by atoms with Gasteiger partial charge < -0.3 is 15.1 Å². The highest BCUT2D eigenvalue weighted by molar-refractivity contribution is 6.15. The number of phenols is 1. The first-order valence-electron chi connectivity index (χ1n) is 7.98. The van der Waals surface area contributed by atoms with Crippen LogP contribution in [0.4, 0.5) is 11.4 Å². The van der Waals surface area contributed by atoms with Crippen molar-refractivity contribution in [2.24, 2.45) is 0 Å². The first-order valence-corrected chi connectivity index (χ1v) is 7.98. The number of rotatable bonds is 5. The van der Waals surface area contributed by atoms with Crippen molar-refractivity contribution in [1.82, 2.24) is 0 Å². The van der Waals surface area contributed by atoms with Gasteiger partial charge in [0, 0.05) is 30.1 Å². The molecule has 0 saturated heterocycles. The number of para-hydroxylation sites is 1. The highest BCUT2D eigenvalue weighted by atomic mass is 16.4. The van der Waals surface area contributed by atoms with Gasteiger partial charge in [-0.3, -0.25) is 4.79 Å². The van der Waals surface area contributed by atoms with E-state index in [1.54, 1.807) is 18.2 Å². The molecule has 2 N–H and O–H groups in total. The predicted molar refractivity (Wildman–Crippen MR) is 99.4 cm³/mol. The first-order chi connectivity index (χ1) is 12.5. The lowest BCUT2D eigenvalue weighted by Crippen LogP contribution is -2.11. The summed E-state index contributed by atoms with van der Waals surface area (Å²) in [6, 6.07) is 20.2. The van der Waals surface area contributed by atoms with Gasteiger partial charge in [0.05, 0.1) is 11.1 Å². The third-order valence-electron chi connectivity index (χ3n) is 4.16. The summed E-state index contributed by atoms with van der Waals surface area (Å²) in [5.74, 6) is -1.92. The highest BCUT2D eigenvalue weighted by Crippen LogP contribution is 2.30. The Morgan fingerprint density at radius 3 is 2.00 bits per heavy atom. The molecule has 0 unspecified atom stereocenters. The Balaban J connectivity index is 1.96. The zero-order valence-electron chi connectivity index (χ0n) is 14.1. The van der Waals surface area contributed by atoms with Crippen LogP contribution in [-0.4, -0.2) is 29.0 Å². The van der Waals surface area contributed by atoms with Gasteiger partial charge in [-0.25, -0.2) is 4.79 Å². The largest absolute Gasteiger partial charge is 0.507 e. The molecule has 3 aromatic carbocycles. The number of nitrogens with zero attached hydrogens (tertiary/aromatic N) is 1. The van der Waals surface area contributed by atoms with E-state index in [9.17, 15) is 19.8 Å². The molecular weight excluding hydrogens is 330 g/mol. The van der Waals surface area contributed by atoms with E-state index in [1.807, 2.05) is 42.3 Å². The summed E-state index contributed by atoms with van der Waals surface area (Å²) >= 11 is 0. The van der Waals surface area contributed by atoms with E-state index in [-0.39, 0.29) is 22.4 Å². The summed E-state index contributed by atoms with van der Waals surface area (Å²) in [4.78, 5) is 25.9. The summed E-state index contributed by atoms with van der Waals surface area (Å²) in [5.41, 5.74) is 1.64. The average molecular weight is 347 g/mol.